The lowest BCUT2D eigenvalue weighted by atomic mass is 10.3. The van der Waals surface area contributed by atoms with Crippen molar-refractivity contribution in [3.05, 3.63) is 49.9 Å². The van der Waals surface area contributed by atoms with E-state index in [0.717, 1.165) is 4.47 Å². The molecule has 0 radical (unpaired) electrons. The molecule has 0 saturated heterocycles. The summed E-state index contributed by atoms with van der Waals surface area (Å²) in [6.45, 7) is 0. The SMILES string of the molecule is Nc1ccc([N+](=O)[O-])c(Oc2cc(Br)ccc2Cl)n1. The topological polar surface area (TPSA) is 91.3 Å². The molecule has 1 aromatic carbocycles. The lowest BCUT2D eigenvalue weighted by Crippen LogP contribution is -1.99. The number of hydrogen-bond donors (Lipinski definition) is 1. The smallest absolute Gasteiger partial charge is 0.331 e. The normalized spacial score (nSPS) is 10.2. The Morgan fingerprint density at radius 2 is 2.11 bits per heavy atom. The summed E-state index contributed by atoms with van der Waals surface area (Å²) in [5.41, 5.74) is 5.21. The number of aromatic nitrogens is 1. The van der Waals surface area contributed by atoms with Gasteiger partial charge in [-0.15, -0.1) is 0 Å². The molecule has 0 spiro atoms. The number of nitrogens with zero attached hydrogens (tertiary/aromatic N) is 2. The summed E-state index contributed by atoms with van der Waals surface area (Å²) in [7, 11) is 0. The van der Waals surface area contributed by atoms with Gasteiger partial charge >= 0.3 is 11.6 Å². The van der Waals surface area contributed by atoms with E-state index in [0.29, 0.717) is 5.02 Å². The van der Waals surface area contributed by atoms with Gasteiger partial charge in [0, 0.05) is 10.5 Å². The highest BCUT2D eigenvalue weighted by molar-refractivity contribution is 9.10. The van der Waals surface area contributed by atoms with Crippen LogP contribution in [0.5, 0.6) is 11.6 Å². The average Bonchev–Trinajstić information content (AvgIpc) is 2.33. The van der Waals surface area contributed by atoms with Crippen LogP contribution < -0.4 is 10.5 Å². The van der Waals surface area contributed by atoms with E-state index in [1.165, 1.54) is 12.1 Å². The molecule has 1 aromatic heterocycles. The van der Waals surface area contributed by atoms with Gasteiger partial charge in [0.1, 0.15) is 11.6 Å². The monoisotopic (exact) mass is 343 g/mol. The van der Waals surface area contributed by atoms with Crippen LogP contribution in [-0.2, 0) is 0 Å². The van der Waals surface area contributed by atoms with Gasteiger partial charge in [-0.2, -0.15) is 4.98 Å². The summed E-state index contributed by atoms with van der Waals surface area (Å²) in [5, 5.41) is 11.2. The molecular formula is C11H7BrClN3O3. The standard InChI is InChI=1S/C11H7BrClN3O3/c12-6-1-2-7(13)9(5-6)19-11-8(16(17)18)3-4-10(14)15-11/h1-5H,(H2,14,15). The van der Waals surface area contributed by atoms with Crippen LogP contribution in [0.3, 0.4) is 0 Å². The molecular weight excluding hydrogens is 337 g/mol. The first-order chi connectivity index (χ1) is 8.97. The summed E-state index contributed by atoms with van der Waals surface area (Å²) in [6, 6.07) is 7.45. The van der Waals surface area contributed by atoms with Gasteiger partial charge in [-0.1, -0.05) is 27.5 Å². The molecule has 0 saturated carbocycles. The van der Waals surface area contributed by atoms with E-state index in [4.69, 9.17) is 22.1 Å². The highest BCUT2D eigenvalue weighted by Gasteiger charge is 2.19. The lowest BCUT2D eigenvalue weighted by Gasteiger charge is -2.07. The van der Waals surface area contributed by atoms with Crippen molar-refractivity contribution in [2.75, 3.05) is 5.73 Å². The number of halogens is 2. The predicted molar refractivity (Wildman–Crippen MR) is 74.5 cm³/mol. The highest BCUT2D eigenvalue weighted by Crippen LogP contribution is 2.35. The molecule has 0 atom stereocenters. The number of nitrogens with two attached hydrogens (primary N) is 1. The lowest BCUT2D eigenvalue weighted by molar-refractivity contribution is -0.386. The van der Waals surface area contributed by atoms with Gasteiger partial charge in [0.2, 0.25) is 0 Å². The first-order valence-corrected chi connectivity index (χ1v) is 6.18. The number of ether oxygens (including phenoxy) is 1. The van der Waals surface area contributed by atoms with Gasteiger partial charge in [0.15, 0.2) is 0 Å². The van der Waals surface area contributed by atoms with Crippen LogP contribution in [0.4, 0.5) is 11.5 Å². The second kappa shape index (κ2) is 5.41. The van der Waals surface area contributed by atoms with Crippen LogP contribution in [0, 0.1) is 10.1 Å². The van der Waals surface area contributed by atoms with E-state index in [1.54, 1.807) is 18.2 Å². The van der Waals surface area contributed by atoms with Gasteiger partial charge in [-0.05, 0) is 24.3 Å². The van der Waals surface area contributed by atoms with Gasteiger partial charge in [-0.3, -0.25) is 10.1 Å². The van der Waals surface area contributed by atoms with Crippen LogP contribution in [0.25, 0.3) is 0 Å². The van der Waals surface area contributed by atoms with Crippen molar-refractivity contribution >= 4 is 39.0 Å². The zero-order valence-electron chi connectivity index (χ0n) is 9.34. The van der Waals surface area contributed by atoms with E-state index in [1.807, 2.05) is 0 Å². The van der Waals surface area contributed by atoms with Gasteiger partial charge < -0.3 is 10.5 Å². The third kappa shape index (κ3) is 3.12. The Morgan fingerprint density at radius 1 is 1.37 bits per heavy atom. The largest absolute Gasteiger partial charge is 0.432 e. The molecule has 0 aliphatic heterocycles. The van der Waals surface area contributed by atoms with Crippen LogP contribution >= 0.6 is 27.5 Å². The van der Waals surface area contributed by atoms with Crippen molar-refractivity contribution in [3.8, 4) is 11.6 Å². The van der Waals surface area contributed by atoms with Crippen molar-refractivity contribution in [3.63, 3.8) is 0 Å². The van der Waals surface area contributed by atoms with Crippen molar-refractivity contribution in [2.45, 2.75) is 0 Å². The maximum atomic E-state index is 10.9. The van der Waals surface area contributed by atoms with Gasteiger partial charge in [-0.25, -0.2) is 0 Å². The first-order valence-electron chi connectivity index (χ1n) is 5.01. The summed E-state index contributed by atoms with van der Waals surface area (Å²) in [6.07, 6.45) is 0. The zero-order chi connectivity index (χ0) is 14.0. The van der Waals surface area contributed by atoms with Crippen molar-refractivity contribution in [1.82, 2.24) is 4.98 Å². The molecule has 0 amide bonds. The second-order valence-corrected chi connectivity index (χ2v) is 4.82. The second-order valence-electron chi connectivity index (χ2n) is 3.49. The molecule has 0 aliphatic rings. The number of rotatable bonds is 3. The number of pyridine rings is 1. The summed E-state index contributed by atoms with van der Waals surface area (Å²) < 4.78 is 6.09. The molecule has 0 aliphatic carbocycles. The summed E-state index contributed by atoms with van der Waals surface area (Å²) >= 11 is 9.20. The molecule has 6 nitrogen and oxygen atoms in total. The molecule has 98 valence electrons. The van der Waals surface area contributed by atoms with E-state index < -0.39 is 4.92 Å². The molecule has 2 N–H and O–H groups in total. The van der Waals surface area contributed by atoms with Crippen molar-refractivity contribution in [2.24, 2.45) is 0 Å². The Labute approximate surface area is 121 Å². The fourth-order valence-electron chi connectivity index (χ4n) is 1.32. The Bertz CT molecular complexity index is 651. The Hall–Kier alpha value is -1.86. The molecule has 1 heterocycles. The molecule has 0 unspecified atom stereocenters. The molecule has 2 aromatic rings. The van der Waals surface area contributed by atoms with Gasteiger partial charge in [0.25, 0.3) is 0 Å². The fourth-order valence-corrected chi connectivity index (χ4v) is 1.82. The predicted octanol–water partition coefficient (Wildman–Crippen LogP) is 3.78. The van der Waals surface area contributed by atoms with E-state index >= 15 is 0 Å². The quantitative estimate of drug-likeness (QED) is 0.676. The van der Waals surface area contributed by atoms with E-state index in [-0.39, 0.29) is 23.1 Å². The molecule has 0 bridgehead atoms. The third-order valence-electron chi connectivity index (χ3n) is 2.16. The Balaban J connectivity index is 2.45. The van der Waals surface area contributed by atoms with Crippen molar-refractivity contribution in [1.29, 1.82) is 0 Å². The number of anilines is 1. The number of nitro groups is 1. The van der Waals surface area contributed by atoms with E-state index in [9.17, 15) is 10.1 Å². The van der Waals surface area contributed by atoms with E-state index in [2.05, 4.69) is 20.9 Å². The number of benzene rings is 1. The molecule has 8 heteroatoms. The summed E-state index contributed by atoms with van der Waals surface area (Å²) in [5.74, 6) is 0.161. The maximum Gasteiger partial charge on any atom is 0.331 e. The minimum atomic E-state index is -0.604. The molecule has 19 heavy (non-hydrogen) atoms. The average molecular weight is 345 g/mol. The minimum absolute atomic E-state index is 0.117. The van der Waals surface area contributed by atoms with Crippen LogP contribution in [0.1, 0.15) is 0 Å². The van der Waals surface area contributed by atoms with Crippen LogP contribution in [0.2, 0.25) is 5.02 Å². The first kappa shape index (κ1) is 13.6. The third-order valence-corrected chi connectivity index (χ3v) is 2.96. The van der Waals surface area contributed by atoms with Crippen molar-refractivity contribution < 1.29 is 9.66 Å². The highest BCUT2D eigenvalue weighted by atomic mass is 79.9. The Morgan fingerprint density at radius 3 is 2.79 bits per heavy atom. The minimum Gasteiger partial charge on any atom is -0.432 e. The zero-order valence-corrected chi connectivity index (χ0v) is 11.7. The molecule has 2 rings (SSSR count). The number of hydrogen-bond acceptors (Lipinski definition) is 5. The molecule has 0 fully saturated rings. The number of nitrogen functional groups attached to an aromatic ring is 1. The van der Waals surface area contributed by atoms with Crippen LogP contribution in [-0.4, -0.2) is 9.91 Å². The van der Waals surface area contributed by atoms with Gasteiger partial charge in [0.05, 0.1) is 9.95 Å². The fraction of sp³-hybridized carbons (Fsp3) is 0. The maximum absolute atomic E-state index is 10.9. The Kier molecular flexibility index (Phi) is 3.87. The summed E-state index contributed by atoms with van der Waals surface area (Å²) in [4.78, 5) is 14.1. The van der Waals surface area contributed by atoms with Crippen LogP contribution in [0.15, 0.2) is 34.8 Å².